The number of halogens is 1. The van der Waals surface area contributed by atoms with Crippen molar-refractivity contribution in [3.8, 4) is 5.88 Å². The fourth-order valence-electron chi connectivity index (χ4n) is 7.97. The van der Waals surface area contributed by atoms with E-state index in [1.165, 1.54) is 30.5 Å². The molecule has 58 heavy (non-hydrogen) atoms. The Morgan fingerprint density at radius 2 is 1.60 bits per heavy atom. The van der Waals surface area contributed by atoms with E-state index in [9.17, 15) is 18.7 Å². The van der Waals surface area contributed by atoms with E-state index in [0.29, 0.717) is 12.3 Å². The van der Waals surface area contributed by atoms with Crippen LogP contribution in [0.5, 0.6) is 5.88 Å². The summed E-state index contributed by atoms with van der Waals surface area (Å²) < 4.78 is 97.9. The molecule has 2 bridgehead atoms. The average molecular weight is 926 g/mol. The summed E-state index contributed by atoms with van der Waals surface area (Å²) in [5.74, 6) is -1.10. The maximum atomic E-state index is 15.7. The smallest absolute Gasteiger partial charge is 0.386 e. The summed E-state index contributed by atoms with van der Waals surface area (Å²) in [6, 6.07) is 1.60. The molecule has 0 radical (unpaired) electrons. The Kier molecular flexibility index (Phi) is 14.0. The van der Waals surface area contributed by atoms with Gasteiger partial charge in [0.25, 0.3) is 5.56 Å². The highest BCUT2D eigenvalue weighted by atomic mass is 32.7. The first-order chi connectivity index (χ1) is 27.1. The minimum atomic E-state index is -4.39. The molecule has 1 aliphatic carbocycles. The van der Waals surface area contributed by atoms with Gasteiger partial charge in [-0.25, -0.2) is 28.5 Å². The van der Waals surface area contributed by atoms with Crippen LogP contribution in [0.25, 0.3) is 11.0 Å². The van der Waals surface area contributed by atoms with Crippen molar-refractivity contribution < 1.29 is 54.4 Å². The quantitative estimate of drug-likeness (QED) is 0.0990. The van der Waals surface area contributed by atoms with Crippen molar-refractivity contribution in [1.29, 1.82) is 0 Å². The van der Waals surface area contributed by atoms with Gasteiger partial charge in [0.2, 0.25) is 5.88 Å². The van der Waals surface area contributed by atoms with Gasteiger partial charge in [0.1, 0.15) is 36.1 Å². The molecule has 3 fully saturated rings. The molecular weight excluding hydrogens is 872 g/mol. The highest BCUT2D eigenvalue weighted by Gasteiger charge is 2.60. The number of hydrogen-bond acceptors (Lipinski definition) is 15. The van der Waals surface area contributed by atoms with Crippen LogP contribution in [0.4, 0.5) is 4.39 Å². The molecule has 3 aliphatic rings. The maximum absolute atomic E-state index is 15.7. The van der Waals surface area contributed by atoms with Gasteiger partial charge in [-0.05, 0) is 28.6 Å². The van der Waals surface area contributed by atoms with Crippen LogP contribution in [0, 0.1) is 11.7 Å². The van der Waals surface area contributed by atoms with Crippen LogP contribution in [0.15, 0.2) is 35.9 Å². The Labute approximate surface area is 349 Å². The second kappa shape index (κ2) is 17.7. The van der Waals surface area contributed by atoms with E-state index in [0.717, 1.165) is 10.8 Å². The molecule has 9 atom stereocenters. The Balaban J connectivity index is 1.44. The lowest BCUT2D eigenvalue weighted by Crippen LogP contribution is -2.62. The van der Waals surface area contributed by atoms with E-state index < -0.39 is 91.4 Å². The molecule has 1 N–H and O–H groups in total. The average Bonchev–Trinajstić information content (AvgIpc) is 3.79. The van der Waals surface area contributed by atoms with Crippen molar-refractivity contribution >= 4 is 66.2 Å². The zero-order valence-corrected chi connectivity index (χ0v) is 39.5. The molecule has 2 saturated heterocycles. The van der Waals surface area contributed by atoms with Crippen LogP contribution in [-0.4, -0.2) is 89.7 Å². The minimum absolute atomic E-state index is 0.0869. The van der Waals surface area contributed by atoms with Crippen molar-refractivity contribution in [2.24, 2.45) is 13.0 Å². The number of fused-ring (bicyclic) bond motifs is 4. The lowest BCUT2D eigenvalue weighted by Gasteiger charge is -2.47. The predicted molar refractivity (Wildman–Crippen MR) is 223 cm³/mol. The summed E-state index contributed by atoms with van der Waals surface area (Å²) in [6.07, 6.45) is -0.790. The summed E-state index contributed by atoms with van der Waals surface area (Å²) in [4.78, 5) is 37.7. The van der Waals surface area contributed by atoms with Gasteiger partial charge in [0, 0.05) is 37.8 Å². The third kappa shape index (κ3) is 9.45. The van der Waals surface area contributed by atoms with Crippen LogP contribution in [0.1, 0.15) is 74.5 Å². The van der Waals surface area contributed by atoms with Crippen LogP contribution >= 0.6 is 38.1 Å². The lowest BCUT2D eigenvalue weighted by molar-refractivity contribution is -0.0489. The standard InChI is InChI=1S/C34H54FN5O12P2S2Si2/c1-19(2)57(44,20(3)4)52-58(21(5)6,22(7)8)51-30-27-16-46-53(42,55)49-26-13-24(47-28-10-11-36-17-37-28)12-23(26)15-45-54(43,56)50-31(30)34(48-27)40-14-25(35)29-32(40)38-18-39(9)33(29)41/h10-11,14,17-24,26-27,30-31,34,44H,12-13,15-16H2,1-9H3,(H,42,55)(H,43,56)/t23-,24-,26+,27-,30-,31-,34-,53?,54?/m1/s1. The summed E-state index contributed by atoms with van der Waals surface area (Å²) in [5.41, 5.74) is -1.76. The summed E-state index contributed by atoms with van der Waals surface area (Å²) >= 11 is 8.78. The van der Waals surface area contributed by atoms with Gasteiger partial charge < -0.3 is 36.5 Å². The van der Waals surface area contributed by atoms with Gasteiger partial charge in [0.05, 0.1) is 25.6 Å². The van der Waals surface area contributed by atoms with Gasteiger partial charge in [-0.15, -0.1) is 0 Å². The first-order valence-corrected chi connectivity index (χ1v) is 28.7. The van der Waals surface area contributed by atoms with Crippen LogP contribution in [-0.2, 0) is 47.6 Å². The van der Waals surface area contributed by atoms with Crippen LogP contribution in [0.2, 0.25) is 22.2 Å². The highest BCUT2D eigenvalue weighted by molar-refractivity contribution is 8.44. The largest absolute Gasteiger partial charge is 0.474 e. The van der Waals surface area contributed by atoms with Gasteiger partial charge in [-0.2, -0.15) is 0 Å². The molecule has 6 rings (SSSR count). The monoisotopic (exact) mass is 925 g/mol. The molecule has 2 unspecified atom stereocenters. The Hall–Kier alpha value is -1.50. The van der Waals surface area contributed by atoms with Crippen molar-refractivity contribution in [2.45, 2.75) is 127 Å². The third-order valence-electron chi connectivity index (χ3n) is 11.1. The second-order valence-electron chi connectivity index (χ2n) is 16.3. The number of hydrogen-bond donors (Lipinski definition) is 3. The Morgan fingerprint density at radius 1 is 0.948 bits per heavy atom. The summed E-state index contributed by atoms with van der Waals surface area (Å²) in [7, 11) is -5.71. The predicted octanol–water partition coefficient (Wildman–Crippen LogP) is 7.23. The van der Waals surface area contributed by atoms with E-state index in [4.69, 9.17) is 36.1 Å². The molecule has 1 saturated carbocycles. The topological polar surface area (TPSA) is 194 Å². The molecule has 5 heterocycles. The molecule has 17 nitrogen and oxygen atoms in total. The molecule has 2 aliphatic heterocycles. The number of thiol groups is 2. The minimum Gasteiger partial charge on any atom is -0.474 e. The third-order valence-corrected chi connectivity index (χ3v) is 24.1. The zero-order valence-electron chi connectivity index (χ0n) is 33.9. The van der Waals surface area contributed by atoms with E-state index >= 15 is 4.39 Å². The van der Waals surface area contributed by atoms with Crippen molar-refractivity contribution in [2.75, 3.05) is 13.2 Å². The van der Waals surface area contributed by atoms with Crippen molar-refractivity contribution in [3.63, 3.8) is 0 Å². The molecular formula is C34H54FN5O12P2S2Si2. The molecule has 0 amide bonds. The molecule has 0 spiro atoms. The van der Waals surface area contributed by atoms with Gasteiger partial charge in [0.15, 0.2) is 17.7 Å². The SMILES string of the molecule is CC(C)[Si](O)(O[Si](O[C@H]1[C@H]2OP(=O)(S)OC[C@H]3C[C@@H](Oc4ccncn4)C[C@@H]3OP(=O)(S)OC[C@H]1O[C@H]2n1cc(F)c2c(=O)n(C)cnc21)(C(C)C)C(C)C)C(C)C. The van der Waals surface area contributed by atoms with E-state index in [-0.39, 0.29) is 46.2 Å². The number of ether oxygens (including phenoxy) is 2. The highest BCUT2D eigenvalue weighted by Crippen LogP contribution is 2.61. The Bertz CT molecular complexity index is 2070. The molecule has 24 heteroatoms. The number of aromatic nitrogens is 5. The van der Waals surface area contributed by atoms with E-state index in [1.807, 2.05) is 55.4 Å². The number of aryl methyl sites for hydroxylation is 1. The van der Waals surface area contributed by atoms with Crippen LogP contribution < -0.4 is 10.3 Å². The molecule has 3 aromatic heterocycles. The van der Waals surface area contributed by atoms with Crippen LogP contribution in [0.3, 0.4) is 0 Å². The van der Waals surface area contributed by atoms with Crippen molar-refractivity contribution in [1.82, 2.24) is 24.1 Å². The fraction of sp³-hybridized carbons (Fsp3) is 0.706. The Morgan fingerprint density at radius 3 is 2.22 bits per heavy atom. The van der Waals surface area contributed by atoms with Gasteiger partial charge >= 0.3 is 30.7 Å². The summed E-state index contributed by atoms with van der Waals surface area (Å²) in [6.45, 7) is 6.11. The zero-order chi connectivity index (χ0) is 42.5. The first-order valence-electron chi connectivity index (χ1n) is 19.3. The van der Waals surface area contributed by atoms with Gasteiger partial charge in [-0.3, -0.25) is 18.4 Å². The molecule has 324 valence electrons. The molecule has 3 aromatic rings. The molecule has 0 aromatic carbocycles. The maximum Gasteiger partial charge on any atom is 0.386 e. The van der Waals surface area contributed by atoms with E-state index in [1.54, 1.807) is 6.07 Å². The van der Waals surface area contributed by atoms with E-state index in [2.05, 4.69) is 39.4 Å². The lowest BCUT2D eigenvalue weighted by atomic mass is 10.1. The number of nitrogens with zero attached hydrogens (tertiary/aromatic N) is 5. The summed E-state index contributed by atoms with van der Waals surface area (Å²) in [5, 5.41) is -0.315. The normalized spacial score (nSPS) is 31.5. The first kappa shape index (κ1) is 46.0. The van der Waals surface area contributed by atoms with Crippen molar-refractivity contribution in [3.05, 3.63) is 47.3 Å². The fourth-order valence-corrected chi connectivity index (χ4v) is 21.0. The second-order valence-corrected chi connectivity index (χ2v) is 30.7. The van der Waals surface area contributed by atoms with Gasteiger partial charge in [-0.1, -0.05) is 79.9 Å². The number of rotatable bonds is 11.